The molecule has 4 heterocycles. The third-order valence-electron chi connectivity index (χ3n) is 7.32. The van der Waals surface area contributed by atoms with E-state index in [1.54, 1.807) is 6.07 Å². The number of fused-ring (bicyclic) bond motifs is 3. The topological polar surface area (TPSA) is 83.0 Å². The van der Waals surface area contributed by atoms with E-state index in [0.717, 1.165) is 91.7 Å². The predicted molar refractivity (Wildman–Crippen MR) is 146 cm³/mol. The Morgan fingerprint density at radius 2 is 1.67 bits per heavy atom. The van der Waals surface area contributed by atoms with Crippen molar-refractivity contribution in [2.75, 3.05) is 39.3 Å². The highest BCUT2D eigenvalue weighted by molar-refractivity contribution is 5.96. The van der Waals surface area contributed by atoms with Gasteiger partial charge in [0.1, 0.15) is 11.3 Å². The normalized spacial score (nSPS) is 16.2. The number of β-amino-alcohol motifs (C(OH)–C–C–N with tert-alkyl or cyclic N) is 1. The van der Waals surface area contributed by atoms with Crippen LogP contribution in [0.1, 0.15) is 28.8 Å². The molecule has 2 aliphatic rings. The van der Waals surface area contributed by atoms with Crippen molar-refractivity contribution in [2.45, 2.75) is 32.7 Å². The first-order valence-electron chi connectivity index (χ1n) is 12.1. The summed E-state index contributed by atoms with van der Waals surface area (Å²) in [7, 11) is 0. The molecule has 7 nitrogen and oxygen atoms in total. The molecule has 1 saturated heterocycles. The molecule has 0 amide bonds. The van der Waals surface area contributed by atoms with Crippen LogP contribution in [0.15, 0.2) is 44.1 Å². The zero-order valence-electron chi connectivity index (χ0n) is 20.3. The zero-order valence-corrected chi connectivity index (χ0v) is 21.9. The minimum absolute atomic E-state index is 0. The van der Waals surface area contributed by atoms with Crippen LogP contribution in [0, 0.1) is 6.92 Å². The van der Waals surface area contributed by atoms with Crippen LogP contribution in [-0.4, -0.2) is 59.2 Å². The van der Waals surface area contributed by atoms with E-state index in [2.05, 4.69) is 26.9 Å². The standard InChI is InChI=1S/C27H29N3O4.2ClH/c1-17-27-21(20(15-28-17)16-30-7-5-29(6-8-30)9-10-31)13-25(34-27)23-14-26(32)33-24-12-19-4-2-3-18(19)11-22(23)24;;/h11-15,31H,2-10,16H2,1H3;2*1H. The second-order valence-corrected chi connectivity index (χ2v) is 9.51. The minimum Gasteiger partial charge on any atom is -0.454 e. The lowest BCUT2D eigenvalue weighted by atomic mass is 10.0. The molecule has 0 atom stereocenters. The first kappa shape index (κ1) is 26.6. The number of nitrogens with zero attached hydrogens (tertiary/aromatic N) is 3. The van der Waals surface area contributed by atoms with E-state index in [1.165, 1.54) is 11.1 Å². The Hall–Kier alpha value is -2.42. The fourth-order valence-corrected chi connectivity index (χ4v) is 5.45. The zero-order chi connectivity index (χ0) is 23.2. The number of hydrogen-bond donors (Lipinski definition) is 1. The Morgan fingerprint density at radius 1 is 0.944 bits per heavy atom. The van der Waals surface area contributed by atoms with E-state index in [9.17, 15) is 9.90 Å². The summed E-state index contributed by atoms with van der Waals surface area (Å²) in [6.07, 6.45) is 5.18. The number of aryl methyl sites for hydroxylation is 3. The quantitative estimate of drug-likeness (QED) is 0.383. The maximum atomic E-state index is 12.4. The van der Waals surface area contributed by atoms with Crippen LogP contribution in [0.2, 0.25) is 0 Å². The average molecular weight is 532 g/mol. The molecule has 36 heavy (non-hydrogen) atoms. The van der Waals surface area contributed by atoms with Crippen molar-refractivity contribution in [2.24, 2.45) is 0 Å². The van der Waals surface area contributed by atoms with Crippen molar-refractivity contribution >= 4 is 46.8 Å². The van der Waals surface area contributed by atoms with Gasteiger partial charge in [0.15, 0.2) is 5.58 Å². The van der Waals surface area contributed by atoms with Gasteiger partial charge in [0.2, 0.25) is 0 Å². The van der Waals surface area contributed by atoms with Gasteiger partial charge in [-0.25, -0.2) is 4.79 Å². The molecule has 1 aliphatic carbocycles. The molecule has 0 saturated carbocycles. The van der Waals surface area contributed by atoms with Crippen LogP contribution in [0.4, 0.5) is 0 Å². The lowest BCUT2D eigenvalue weighted by Gasteiger charge is -2.34. The second-order valence-electron chi connectivity index (χ2n) is 9.51. The van der Waals surface area contributed by atoms with E-state index in [0.29, 0.717) is 11.3 Å². The van der Waals surface area contributed by atoms with Crippen LogP contribution in [0.25, 0.3) is 33.3 Å². The monoisotopic (exact) mass is 531 g/mol. The van der Waals surface area contributed by atoms with Gasteiger partial charge in [-0.3, -0.25) is 14.8 Å². The summed E-state index contributed by atoms with van der Waals surface area (Å²) in [5.74, 6) is 0.677. The molecule has 6 rings (SSSR count). The molecule has 0 radical (unpaired) electrons. The first-order chi connectivity index (χ1) is 16.6. The van der Waals surface area contributed by atoms with Crippen molar-refractivity contribution in [1.82, 2.24) is 14.8 Å². The lowest BCUT2D eigenvalue weighted by Crippen LogP contribution is -2.46. The number of furan rings is 1. The molecule has 1 aromatic carbocycles. The summed E-state index contributed by atoms with van der Waals surface area (Å²) in [6, 6.07) is 7.80. The van der Waals surface area contributed by atoms with Gasteiger partial charge in [-0.1, -0.05) is 0 Å². The molecule has 1 fully saturated rings. The first-order valence-corrected chi connectivity index (χ1v) is 12.1. The molecular weight excluding hydrogens is 501 g/mol. The van der Waals surface area contributed by atoms with Crippen LogP contribution < -0.4 is 5.63 Å². The van der Waals surface area contributed by atoms with E-state index in [-0.39, 0.29) is 37.0 Å². The van der Waals surface area contributed by atoms with E-state index in [1.807, 2.05) is 19.2 Å². The smallest absolute Gasteiger partial charge is 0.336 e. The van der Waals surface area contributed by atoms with Crippen LogP contribution in [0.3, 0.4) is 0 Å². The SMILES string of the molecule is Cc1ncc(CN2CCN(CCO)CC2)c2cc(-c3cc(=O)oc4cc5c(cc34)CCC5)oc12.Cl.Cl. The summed E-state index contributed by atoms with van der Waals surface area (Å²) in [5.41, 5.74) is 6.38. The van der Waals surface area contributed by atoms with E-state index < -0.39 is 0 Å². The van der Waals surface area contributed by atoms with Gasteiger partial charge in [-0.05, 0) is 61.1 Å². The Morgan fingerprint density at radius 3 is 2.42 bits per heavy atom. The molecule has 3 aromatic heterocycles. The van der Waals surface area contributed by atoms with Gasteiger partial charge in [0.25, 0.3) is 0 Å². The molecular formula is C27H31Cl2N3O4. The van der Waals surface area contributed by atoms with Gasteiger partial charge in [-0.15, -0.1) is 24.8 Å². The Balaban J connectivity index is 0.00000152. The maximum Gasteiger partial charge on any atom is 0.336 e. The number of aliphatic hydroxyl groups is 1. The summed E-state index contributed by atoms with van der Waals surface area (Å²) < 4.78 is 11.9. The molecule has 0 bridgehead atoms. The predicted octanol–water partition coefficient (Wildman–Crippen LogP) is 4.35. The number of rotatable bonds is 5. The summed E-state index contributed by atoms with van der Waals surface area (Å²) in [6.45, 7) is 7.50. The minimum atomic E-state index is -0.364. The average Bonchev–Trinajstić information content (AvgIpc) is 3.48. The Kier molecular flexibility index (Phi) is 8.07. The van der Waals surface area contributed by atoms with Crippen LogP contribution in [0.5, 0.6) is 0 Å². The maximum absolute atomic E-state index is 12.4. The van der Waals surface area contributed by atoms with Gasteiger partial charge < -0.3 is 13.9 Å². The Labute approximate surface area is 221 Å². The van der Waals surface area contributed by atoms with E-state index >= 15 is 0 Å². The Bertz CT molecular complexity index is 1440. The van der Waals surface area contributed by atoms with Gasteiger partial charge in [-0.2, -0.15) is 0 Å². The van der Waals surface area contributed by atoms with Crippen molar-refractivity contribution < 1.29 is 13.9 Å². The van der Waals surface area contributed by atoms with Crippen LogP contribution >= 0.6 is 24.8 Å². The molecule has 0 unspecified atom stereocenters. The van der Waals surface area contributed by atoms with Crippen molar-refractivity contribution in [3.63, 3.8) is 0 Å². The second kappa shape index (κ2) is 10.9. The summed E-state index contributed by atoms with van der Waals surface area (Å²) >= 11 is 0. The number of pyridine rings is 1. The number of benzene rings is 1. The number of aliphatic hydroxyl groups excluding tert-OH is 1. The van der Waals surface area contributed by atoms with Gasteiger partial charge in [0.05, 0.1) is 12.3 Å². The molecule has 9 heteroatoms. The number of halogens is 2. The van der Waals surface area contributed by atoms with Crippen molar-refractivity contribution in [3.05, 3.63) is 63.3 Å². The third kappa shape index (κ3) is 4.91. The highest BCUT2D eigenvalue weighted by Gasteiger charge is 2.21. The van der Waals surface area contributed by atoms with Crippen LogP contribution in [-0.2, 0) is 19.4 Å². The number of aromatic nitrogens is 1. The fourth-order valence-electron chi connectivity index (χ4n) is 5.45. The van der Waals surface area contributed by atoms with Crippen molar-refractivity contribution in [1.29, 1.82) is 0 Å². The number of piperazine rings is 1. The summed E-state index contributed by atoms with van der Waals surface area (Å²) in [4.78, 5) is 21.7. The number of hydrogen-bond acceptors (Lipinski definition) is 7. The third-order valence-corrected chi connectivity index (χ3v) is 7.32. The largest absolute Gasteiger partial charge is 0.454 e. The summed E-state index contributed by atoms with van der Waals surface area (Å²) in [5, 5.41) is 11.2. The highest BCUT2D eigenvalue weighted by atomic mass is 35.5. The molecule has 0 spiro atoms. The lowest BCUT2D eigenvalue weighted by molar-refractivity contribution is 0.108. The molecule has 1 aliphatic heterocycles. The fraction of sp³-hybridized carbons (Fsp3) is 0.407. The van der Waals surface area contributed by atoms with Crippen molar-refractivity contribution in [3.8, 4) is 11.3 Å². The molecule has 192 valence electrons. The highest BCUT2D eigenvalue weighted by Crippen LogP contribution is 2.36. The molecule has 4 aromatic rings. The van der Waals surface area contributed by atoms with E-state index in [4.69, 9.17) is 8.83 Å². The van der Waals surface area contributed by atoms with Gasteiger partial charge in [0, 0.05) is 67.9 Å². The van der Waals surface area contributed by atoms with Gasteiger partial charge >= 0.3 is 5.63 Å². The molecule has 1 N–H and O–H groups in total.